The molecule has 0 nitrogen and oxygen atoms in total. The predicted octanol–water partition coefficient (Wildman–Crippen LogP) is 2.19. The van der Waals surface area contributed by atoms with E-state index in [4.69, 9.17) is 0 Å². The van der Waals surface area contributed by atoms with Crippen LogP contribution in [0.4, 0.5) is 0 Å². The van der Waals surface area contributed by atoms with E-state index in [1.54, 1.807) is 0 Å². The van der Waals surface area contributed by atoms with Crippen LogP contribution in [0.1, 0.15) is 33.1 Å². The van der Waals surface area contributed by atoms with E-state index < -0.39 is 0 Å². The summed E-state index contributed by atoms with van der Waals surface area (Å²) in [6.07, 6.45) is 4.08. The second-order valence-electron chi connectivity index (χ2n) is 1.35. The molecule has 0 aliphatic heterocycles. The van der Waals surface area contributed by atoms with Gasteiger partial charge < -0.3 is 0 Å². The molecule has 37 valence electrons. The summed E-state index contributed by atoms with van der Waals surface area (Å²) in [7, 11) is 0. The topological polar surface area (TPSA) is 0 Å². The quantitative estimate of drug-likeness (QED) is 0.528. The molecule has 0 N–H and O–H groups in total. The molecule has 0 rings (SSSR count). The van der Waals surface area contributed by atoms with E-state index >= 15 is 0 Å². The van der Waals surface area contributed by atoms with Crippen molar-refractivity contribution >= 4 is 0 Å². The van der Waals surface area contributed by atoms with E-state index in [1.165, 1.54) is 19.3 Å². The summed E-state index contributed by atoms with van der Waals surface area (Å²) in [5, 5.41) is 0. The second-order valence-corrected chi connectivity index (χ2v) is 1.35. The monoisotopic (exact) mass is 123 g/mol. The van der Waals surface area contributed by atoms with Crippen molar-refractivity contribution in [1.82, 2.24) is 0 Å². The molecule has 0 bridgehead atoms. The Balaban J connectivity index is 0. The van der Waals surface area contributed by atoms with Gasteiger partial charge in [-0.15, -0.1) is 0 Å². The van der Waals surface area contributed by atoms with E-state index in [9.17, 15) is 0 Å². The normalized spacial score (nSPS) is 7.00. The van der Waals surface area contributed by atoms with Gasteiger partial charge in [-0.25, -0.2) is 0 Å². The molecule has 0 aliphatic rings. The maximum atomic E-state index is 2.21. The zero-order chi connectivity index (χ0) is 4.12. The first-order valence-electron chi connectivity index (χ1n) is 2.41. The third kappa shape index (κ3) is 8.82. The van der Waals surface area contributed by atoms with Crippen LogP contribution < -0.4 is 0 Å². The van der Waals surface area contributed by atoms with Gasteiger partial charge >= 0.3 is 0 Å². The first-order valence-corrected chi connectivity index (χ1v) is 2.41. The molecule has 0 saturated carbocycles. The Kier molecular flexibility index (Phi) is 14.9. The number of rotatable bonds is 2. The molecule has 0 aromatic heterocycles. The van der Waals surface area contributed by atoms with Crippen LogP contribution in [0.25, 0.3) is 0 Å². The van der Waals surface area contributed by atoms with Crippen molar-refractivity contribution in [3.63, 3.8) is 0 Å². The van der Waals surface area contributed by atoms with Gasteiger partial charge in [0.15, 0.2) is 0 Å². The third-order valence-corrected chi connectivity index (χ3v) is 0.707. The standard InChI is InChI=1S/C5H12.V/c1-3-5-4-2;/h3-5H2,1-2H3;. The minimum atomic E-state index is 0. The van der Waals surface area contributed by atoms with Gasteiger partial charge in [-0.2, -0.15) is 0 Å². The van der Waals surface area contributed by atoms with Gasteiger partial charge in [0.2, 0.25) is 0 Å². The Morgan fingerprint density at radius 1 is 1.00 bits per heavy atom. The number of hydrogen-bond donors (Lipinski definition) is 0. The van der Waals surface area contributed by atoms with Crippen LogP contribution in [0, 0.1) is 0 Å². The van der Waals surface area contributed by atoms with Crippen LogP contribution in [0.5, 0.6) is 0 Å². The van der Waals surface area contributed by atoms with Crippen LogP contribution in [0.3, 0.4) is 0 Å². The first-order chi connectivity index (χ1) is 2.41. The summed E-state index contributed by atoms with van der Waals surface area (Å²) in [6.45, 7) is 4.42. The molecule has 0 amide bonds. The zero-order valence-electron chi connectivity index (χ0n) is 4.57. The molecule has 0 spiro atoms. The summed E-state index contributed by atoms with van der Waals surface area (Å²) >= 11 is 0. The average Bonchev–Trinajstić information content (AvgIpc) is 1.41. The van der Waals surface area contributed by atoms with Gasteiger partial charge in [0.1, 0.15) is 0 Å². The summed E-state index contributed by atoms with van der Waals surface area (Å²) in [5.74, 6) is 0. The number of hydrogen-bond acceptors (Lipinski definition) is 0. The smallest absolute Gasteiger partial charge is 0 e. The van der Waals surface area contributed by atoms with Crippen molar-refractivity contribution in [3.05, 3.63) is 0 Å². The Morgan fingerprint density at radius 2 is 1.33 bits per heavy atom. The van der Waals surface area contributed by atoms with Crippen molar-refractivity contribution < 1.29 is 18.6 Å². The molecule has 0 atom stereocenters. The van der Waals surface area contributed by atoms with Crippen LogP contribution in [0.15, 0.2) is 0 Å². The molecular weight excluding hydrogens is 111 g/mol. The molecular formula is C5H12V. The fraction of sp³-hybridized carbons (Fsp3) is 1.00. The van der Waals surface area contributed by atoms with Crippen LogP contribution in [-0.4, -0.2) is 0 Å². The van der Waals surface area contributed by atoms with Gasteiger partial charge in [0.05, 0.1) is 0 Å². The van der Waals surface area contributed by atoms with Crippen LogP contribution in [-0.2, 0) is 18.6 Å². The molecule has 1 heteroatoms. The van der Waals surface area contributed by atoms with Crippen LogP contribution in [0.2, 0.25) is 0 Å². The van der Waals surface area contributed by atoms with Crippen LogP contribution >= 0.6 is 0 Å². The van der Waals surface area contributed by atoms with Gasteiger partial charge in [0.25, 0.3) is 0 Å². The largest absolute Gasteiger partial charge is 0.0654 e. The van der Waals surface area contributed by atoms with E-state index in [1.807, 2.05) is 0 Å². The summed E-state index contributed by atoms with van der Waals surface area (Å²) in [4.78, 5) is 0. The first kappa shape index (κ1) is 9.77. The van der Waals surface area contributed by atoms with Crippen molar-refractivity contribution in [2.24, 2.45) is 0 Å². The Morgan fingerprint density at radius 3 is 1.33 bits per heavy atom. The molecule has 0 aromatic carbocycles. The SMILES string of the molecule is CCCCC.[V]. The minimum Gasteiger partial charge on any atom is -0.0654 e. The third-order valence-electron chi connectivity index (χ3n) is 0.707. The van der Waals surface area contributed by atoms with Crippen molar-refractivity contribution in [2.75, 3.05) is 0 Å². The maximum Gasteiger partial charge on any atom is 0 e. The number of unbranched alkanes of at least 4 members (excludes halogenated alkanes) is 2. The van der Waals surface area contributed by atoms with Gasteiger partial charge in [-0.3, -0.25) is 0 Å². The average molecular weight is 123 g/mol. The van der Waals surface area contributed by atoms with Crippen molar-refractivity contribution in [1.29, 1.82) is 0 Å². The summed E-state index contributed by atoms with van der Waals surface area (Å²) in [5.41, 5.74) is 0. The zero-order valence-corrected chi connectivity index (χ0v) is 5.97. The Bertz CT molecular complexity index is 11.4. The second kappa shape index (κ2) is 9.14. The molecule has 0 saturated heterocycles. The van der Waals surface area contributed by atoms with Gasteiger partial charge in [-0.05, 0) is 0 Å². The Hall–Kier alpha value is 0.584. The summed E-state index contributed by atoms with van der Waals surface area (Å²) < 4.78 is 0. The van der Waals surface area contributed by atoms with E-state index in [0.29, 0.717) is 0 Å². The molecule has 6 heavy (non-hydrogen) atoms. The fourth-order valence-electron chi connectivity index (χ4n) is 0.354. The summed E-state index contributed by atoms with van der Waals surface area (Å²) in [6, 6.07) is 0. The van der Waals surface area contributed by atoms with E-state index in [-0.39, 0.29) is 18.6 Å². The Labute approximate surface area is 52.2 Å². The van der Waals surface area contributed by atoms with Gasteiger partial charge in [-0.1, -0.05) is 33.1 Å². The molecule has 1 radical (unpaired) electrons. The molecule has 0 fully saturated rings. The molecule has 0 unspecified atom stereocenters. The van der Waals surface area contributed by atoms with Gasteiger partial charge in [0, 0.05) is 18.6 Å². The van der Waals surface area contributed by atoms with E-state index in [2.05, 4.69) is 13.8 Å². The van der Waals surface area contributed by atoms with Crippen molar-refractivity contribution in [2.45, 2.75) is 33.1 Å². The minimum absolute atomic E-state index is 0. The van der Waals surface area contributed by atoms with Crippen molar-refractivity contribution in [3.8, 4) is 0 Å². The molecule has 0 heterocycles. The predicted molar refractivity (Wildman–Crippen MR) is 25.2 cm³/mol. The van der Waals surface area contributed by atoms with E-state index in [0.717, 1.165) is 0 Å². The molecule has 0 aliphatic carbocycles. The maximum absolute atomic E-state index is 2.21. The molecule has 0 aromatic rings. The fourth-order valence-corrected chi connectivity index (χ4v) is 0.354.